The number of carbonyl (C=O) groups is 1. The van der Waals surface area contributed by atoms with E-state index in [0.29, 0.717) is 35.0 Å². The van der Waals surface area contributed by atoms with Crippen LogP contribution >= 0.6 is 0 Å². The molecule has 37 heavy (non-hydrogen) atoms. The third-order valence-electron chi connectivity index (χ3n) is 5.69. The minimum atomic E-state index is -0.336. The highest BCUT2D eigenvalue weighted by Crippen LogP contribution is 2.39. The number of ether oxygens (including phenoxy) is 4. The van der Waals surface area contributed by atoms with Gasteiger partial charge < -0.3 is 18.9 Å². The summed E-state index contributed by atoms with van der Waals surface area (Å²) in [6, 6.07) is 28.8. The fourth-order valence-corrected chi connectivity index (χ4v) is 3.81. The first-order valence-electron chi connectivity index (χ1n) is 11.6. The maximum absolute atomic E-state index is 12.6. The molecule has 7 nitrogen and oxygen atoms in total. The number of hydrogen-bond acceptors (Lipinski definition) is 6. The van der Waals surface area contributed by atoms with Gasteiger partial charge in [-0.25, -0.2) is 5.43 Å². The Kier molecular flexibility index (Phi) is 8.39. The first-order valence-corrected chi connectivity index (χ1v) is 11.6. The predicted molar refractivity (Wildman–Crippen MR) is 144 cm³/mol. The number of para-hydroxylation sites is 1. The van der Waals surface area contributed by atoms with Gasteiger partial charge in [-0.1, -0.05) is 60.7 Å². The van der Waals surface area contributed by atoms with Crippen LogP contribution in [0.15, 0.2) is 96.1 Å². The molecule has 0 saturated heterocycles. The van der Waals surface area contributed by atoms with Crippen LogP contribution in [0.25, 0.3) is 11.1 Å². The molecular weight excluding hydrogens is 468 g/mol. The Balaban J connectivity index is 1.38. The zero-order valence-electron chi connectivity index (χ0n) is 20.9. The molecule has 0 aliphatic carbocycles. The Morgan fingerprint density at radius 1 is 0.757 bits per heavy atom. The molecule has 4 rings (SSSR count). The van der Waals surface area contributed by atoms with Crippen molar-refractivity contribution in [3.8, 4) is 34.1 Å². The van der Waals surface area contributed by atoms with Crippen molar-refractivity contribution in [1.29, 1.82) is 0 Å². The van der Waals surface area contributed by atoms with Crippen LogP contribution in [0.2, 0.25) is 0 Å². The maximum atomic E-state index is 12.6. The van der Waals surface area contributed by atoms with Gasteiger partial charge >= 0.3 is 0 Å². The number of methoxy groups -OCH3 is 3. The number of nitrogens with zero attached hydrogens (tertiary/aromatic N) is 1. The minimum absolute atomic E-state index is 0.336. The van der Waals surface area contributed by atoms with Gasteiger partial charge in [-0.05, 0) is 41.5 Å². The van der Waals surface area contributed by atoms with E-state index in [0.717, 1.165) is 22.4 Å². The van der Waals surface area contributed by atoms with Gasteiger partial charge in [0, 0.05) is 16.7 Å². The largest absolute Gasteiger partial charge is 0.493 e. The van der Waals surface area contributed by atoms with E-state index in [1.807, 2.05) is 54.6 Å². The summed E-state index contributed by atoms with van der Waals surface area (Å²) in [5.41, 5.74) is 6.71. The maximum Gasteiger partial charge on any atom is 0.271 e. The lowest BCUT2D eigenvalue weighted by Crippen LogP contribution is -2.17. The minimum Gasteiger partial charge on any atom is -0.493 e. The van der Waals surface area contributed by atoms with Gasteiger partial charge in [0.1, 0.15) is 12.4 Å². The number of amides is 1. The van der Waals surface area contributed by atoms with E-state index < -0.39 is 0 Å². The number of nitrogens with one attached hydrogen (secondary N) is 1. The number of benzene rings is 4. The molecule has 1 amide bonds. The summed E-state index contributed by atoms with van der Waals surface area (Å²) in [6.45, 7) is 0.378. The molecule has 0 fully saturated rings. The Labute approximate surface area is 216 Å². The summed E-state index contributed by atoms with van der Waals surface area (Å²) in [5, 5.41) is 4.07. The number of hydrazone groups is 1. The quantitative estimate of drug-likeness (QED) is 0.224. The van der Waals surface area contributed by atoms with E-state index in [9.17, 15) is 4.79 Å². The van der Waals surface area contributed by atoms with Gasteiger partial charge in [-0.3, -0.25) is 4.79 Å². The summed E-state index contributed by atoms with van der Waals surface area (Å²) < 4.78 is 22.2. The second kappa shape index (κ2) is 12.3. The highest BCUT2D eigenvalue weighted by molar-refractivity contribution is 5.95. The molecule has 188 valence electrons. The van der Waals surface area contributed by atoms with Crippen LogP contribution in [0.3, 0.4) is 0 Å². The zero-order chi connectivity index (χ0) is 26.0. The van der Waals surface area contributed by atoms with E-state index in [2.05, 4.69) is 22.7 Å². The molecule has 0 unspecified atom stereocenters. The van der Waals surface area contributed by atoms with E-state index in [-0.39, 0.29) is 5.91 Å². The molecule has 0 aliphatic heterocycles. The normalized spacial score (nSPS) is 10.7. The third-order valence-corrected chi connectivity index (χ3v) is 5.69. The standard InChI is InChI=1S/C30H28N2O5/c1-34-27-18-17-24(28(35-2)29(27)36-3)19-31-32-30(33)23-15-13-21(14-16-23)20-37-26-12-8-7-11-25(26)22-9-5-4-6-10-22/h4-19H,20H2,1-3H3,(H,32,33)/b31-19+. The fourth-order valence-electron chi connectivity index (χ4n) is 3.81. The van der Waals surface area contributed by atoms with Crippen molar-refractivity contribution in [2.24, 2.45) is 5.10 Å². The first-order chi connectivity index (χ1) is 18.1. The van der Waals surface area contributed by atoms with Gasteiger partial charge in [0.15, 0.2) is 11.5 Å². The zero-order valence-corrected chi connectivity index (χ0v) is 20.9. The molecular formula is C30H28N2O5. The van der Waals surface area contributed by atoms with Crippen LogP contribution in [-0.4, -0.2) is 33.5 Å². The summed E-state index contributed by atoms with van der Waals surface area (Å²) in [6.07, 6.45) is 1.49. The lowest BCUT2D eigenvalue weighted by Gasteiger charge is -2.13. The molecule has 0 atom stereocenters. The average Bonchev–Trinajstić information content (AvgIpc) is 2.96. The van der Waals surface area contributed by atoms with Crippen molar-refractivity contribution < 1.29 is 23.7 Å². The van der Waals surface area contributed by atoms with Crippen LogP contribution in [0.4, 0.5) is 0 Å². The van der Waals surface area contributed by atoms with Crippen LogP contribution in [0, 0.1) is 0 Å². The van der Waals surface area contributed by atoms with Crippen LogP contribution in [-0.2, 0) is 6.61 Å². The molecule has 0 bridgehead atoms. The van der Waals surface area contributed by atoms with Gasteiger partial charge in [0.25, 0.3) is 5.91 Å². The Morgan fingerprint density at radius 2 is 1.46 bits per heavy atom. The van der Waals surface area contributed by atoms with E-state index >= 15 is 0 Å². The van der Waals surface area contributed by atoms with Crippen molar-refractivity contribution in [1.82, 2.24) is 5.43 Å². The monoisotopic (exact) mass is 496 g/mol. The summed E-state index contributed by atoms with van der Waals surface area (Å²) in [5.74, 6) is 1.91. The van der Waals surface area contributed by atoms with Crippen molar-refractivity contribution in [2.75, 3.05) is 21.3 Å². The Bertz CT molecular complexity index is 1370. The molecule has 4 aromatic rings. The predicted octanol–water partition coefficient (Wildman–Crippen LogP) is 5.72. The molecule has 7 heteroatoms. The molecule has 0 aliphatic rings. The molecule has 0 spiro atoms. The van der Waals surface area contributed by atoms with Crippen molar-refractivity contribution >= 4 is 12.1 Å². The Morgan fingerprint density at radius 3 is 2.16 bits per heavy atom. The van der Waals surface area contributed by atoms with Crippen molar-refractivity contribution in [3.63, 3.8) is 0 Å². The van der Waals surface area contributed by atoms with E-state index in [4.69, 9.17) is 18.9 Å². The lowest BCUT2D eigenvalue weighted by molar-refractivity contribution is 0.0955. The molecule has 0 heterocycles. The van der Waals surface area contributed by atoms with Gasteiger partial charge in [0.05, 0.1) is 27.5 Å². The number of rotatable bonds is 10. The van der Waals surface area contributed by atoms with Gasteiger partial charge in [-0.15, -0.1) is 0 Å². The van der Waals surface area contributed by atoms with E-state index in [1.54, 1.807) is 31.4 Å². The third kappa shape index (κ3) is 6.08. The van der Waals surface area contributed by atoms with E-state index in [1.165, 1.54) is 20.4 Å². The average molecular weight is 497 g/mol. The molecule has 0 radical (unpaired) electrons. The second-order valence-corrected chi connectivity index (χ2v) is 7.97. The van der Waals surface area contributed by atoms with Gasteiger partial charge in [0.2, 0.25) is 5.75 Å². The Hall–Kier alpha value is -4.78. The number of hydrogen-bond donors (Lipinski definition) is 1. The molecule has 0 aromatic heterocycles. The van der Waals surface area contributed by atoms with Crippen LogP contribution in [0.5, 0.6) is 23.0 Å². The summed E-state index contributed by atoms with van der Waals surface area (Å²) >= 11 is 0. The molecule has 4 aromatic carbocycles. The highest BCUT2D eigenvalue weighted by atomic mass is 16.5. The van der Waals surface area contributed by atoms with Gasteiger partial charge in [-0.2, -0.15) is 5.10 Å². The topological polar surface area (TPSA) is 78.4 Å². The summed E-state index contributed by atoms with van der Waals surface area (Å²) in [7, 11) is 4.60. The first kappa shape index (κ1) is 25.3. The summed E-state index contributed by atoms with van der Waals surface area (Å²) in [4.78, 5) is 12.6. The highest BCUT2D eigenvalue weighted by Gasteiger charge is 2.15. The van der Waals surface area contributed by atoms with Crippen molar-refractivity contribution in [2.45, 2.75) is 6.61 Å². The smallest absolute Gasteiger partial charge is 0.271 e. The van der Waals surface area contributed by atoms with Crippen LogP contribution < -0.4 is 24.4 Å². The molecule has 1 N–H and O–H groups in total. The van der Waals surface area contributed by atoms with Crippen LogP contribution in [0.1, 0.15) is 21.5 Å². The lowest BCUT2D eigenvalue weighted by atomic mass is 10.0. The van der Waals surface area contributed by atoms with Crippen molar-refractivity contribution in [3.05, 3.63) is 108 Å². The second-order valence-electron chi connectivity index (χ2n) is 7.97. The number of carbonyl (C=O) groups excluding carboxylic acids is 1. The molecule has 0 saturated carbocycles. The SMILES string of the molecule is COc1ccc(/C=N/NC(=O)c2ccc(COc3ccccc3-c3ccccc3)cc2)c(OC)c1OC. The fraction of sp³-hybridized carbons (Fsp3) is 0.133.